The first-order chi connectivity index (χ1) is 13.3. The number of carbonyl (C=O) groups is 1. The average Bonchev–Trinajstić information content (AvgIpc) is 3.04. The Labute approximate surface area is 166 Å². The third kappa shape index (κ3) is 3.95. The van der Waals surface area contributed by atoms with E-state index in [1.54, 1.807) is 6.92 Å². The molecular formula is C18H20F2N2O4S2. The molecule has 2 heterocycles. The van der Waals surface area contributed by atoms with E-state index in [9.17, 15) is 22.0 Å². The fourth-order valence-electron chi connectivity index (χ4n) is 3.23. The molecule has 1 aromatic heterocycles. The molecule has 0 fully saturated rings. The Balaban J connectivity index is 1.94. The van der Waals surface area contributed by atoms with Gasteiger partial charge < -0.3 is 4.74 Å². The van der Waals surface area contributed by atoms with E-state index >= 15 is 0 Å². The highest BCUT2D eigenvalue weighted by atomic mass is 32.2. The summed E-state index contributed by atoms with van der Waals surface area (Å²) in [6, 6.07) is 4.03. The lowest BCUT2D eigenvalue weighted by molar-refractivity contribution is 0.0595. The number of methoxy groups -OCH3 is 1. The minimum absolute atomic E-state index is 0.0648. The summed E-state index contributed by atoms with van der Waals surface area (Å²) in [7, 11) is -2.63. The number of rotatable bonds is 6. The zero-order valence-electron chi connectivity index (χ0n) is 15.4. The molecule has 1 aromatic carbocycles. The van der Waals surface area contributed by atoms with Crippen LogP contribution in [0.3, 0.4) is 0 Å². The number of esters is 1. The summed E-state index contributed by atoms with van der Waals surface area (Å²) in [5, 5.41) is 0. The largest absolute Gasteiger partial charge is 0.465 e. The SMILES string of the molecule is CCNS(=O)(=O)c1sc2c(c1C(=O)OC)CCN(Cc1cccc(F)c1F)C2. The molecule has 0 unspecified atom stereocenters. The summed E-state index contributed by atoms with van der Waals surface area (Å²) < 4.78 is 59.6. The second kappa shape index (κ2) is 8.24. The summed E-state index contributed by atoms with van der Waals surface area (Å²) in [4.78, 5) is 14.9. The van der Waals surface area contributed by atoms with Gasteiger partial charge in [0, 0.05) is 36.6 Å². The van der Waals surface area contributed by atoms with Gasteiger partial charge in [0.25, 0.3) is 10.0 Å². The zero-order chi connectivity index (χ0) is 20.5. The van der Waals surface area contributed by atoms with Gasteiger partial charge in [-0.3, -0.25) is 4.90 Å². The van der Waals surface area contributed by atoms with Gasteiger partial charge in [0.2, 0.25) is 0 Å². The predicted molar refractivity (Wildman–Crippen MR) is 101 cm³/mol. The van der Waals surface area contributed by atoms with Crippen molar-refractivity contribution in [2.45, 2.75) is 30.6 Å². The van der Waals surface area contributed by atoms with Crippen LogP contribution in [0, 0.1) is 11.6 Å². The Hall–Kier alpha value is -1.88. The topological polar surface area (TPSA) is 75.7 Å². The van der Waals surface area contributed by atoms with Gasteiger partial charge in [-0.05, 0) is 18.1 Å². The van der Waals surface area contributed by atoms with Crippen LogP contribution in [0.15, 0.2) is 22.4 Å². The summed E-state index contributed by atoms with van der Waals surface area (Å²) >= 11 is 1.01. The first-order valence-electron chi connectivity index (χ1n) is 8.66. The van der Waals surface area contributed by atoms with E-state index in [2.05, 4.69) is 4.72 Å². The number of nitrogens with one attached hydrogen (secondary N) is 1. The third-order valence-corrected chi connectivity index (χ3v) is 7.78. The molecule has 0 saturated heterocycles. The van der Waals surface area contributed by atoms with Crippen LogP contribution in [0.1, 0.15) is 33.3 Å². The van der Waals surface area contributed by atoms with Crippen molar-refractivity contribution in [3.05, 3.63) is 51.4 Å². The molecule has 3 rings (SSSR count). The van der Waals surface area contributed by atoms with E-state index in [1.165, 1.54) is 19.2 Å². The fraction of sp³-hybridized carbons (Fsp3) is 0.389. The van der Waals surface area contributed by atoms with Crippen molar-refractivity contribution in [3.8, 4) is 0 Å². The molecule has 28 heavy (non-hydrogen) atoms. The Morgan fingerprint density at radius 2 is 2.11 bits per heavy atom. The molecule has 1 N–H and O–H groups in total. The van der Waals surface area contributed by atoms with Gasteiger partial charge in [-0.2, -0.15) is 0 Å². The standard InChI is InChI=1S/C18H20F2N2O4S2/c1-3-21-28(24,25)18-15(17(23)26-2)12-7-8-22(10-14(12)27-18)9-11-5-4-6-13(19)16(11)20/h4-6,21H,3,7-10H2,1-2H3. The van der Waals surface area contributed by atoms with Crippen molar-refractivity contribution >= 4 is 27.3 Å². The van der Waals surface area contributed by atoms with Gasteiger partial charge in [-0.25, -0.2) is 26.7 Å². The van der Waals surface area contributed by atoms with Crippen molar-refractivity contribution < 1.29 is 26.7 Å². The van der Waals surface area contributed by atoms with Gasteiger partial charge in [-0.15, -0.1) is 11.3 Å². The quantitative estimate of drug-likeness (QED) is 0.714. The zero-order valence-corrected chi connectivity index (χ0v) is 17.1. The fourth-order valence-corrected chi connectivity index (χ4v) is 6.24. The van der Waals surface area contributed by atoms with Crippen LogP contribution < -0.4 is 4.72 Å². The lowest BCUT2D eigenvalue weighted by Gasteiger charge is -2.27. The van der Waals surface area contributed by atoms with Gasteiger partial charge in [0.1, 0.15) is 4.21 Å². The number of nitrogens with zero attached hydrogens (tertiary/aromatic N) is 1. The molecule has 2 aromatic rings. The molecule has 0 atom stereocenters. The number of hydrogen-bond acceptors (Lipinski definition) is 6. The summed E-state index contributed by atoms with van der Waals surface area (Å²) in [6.45, 7) is 2.84. The van der Waals surface area contributed by atoms with E-state index in [-0.39, 0.29) is 28.4 Å². The second-order valence-corrected chi connectivity index (χ2v) is 9.40. The van der Waals surface area contributed by atoms with Crippen LogP contribution in [0.25, 0.3) is 0 Å². The predicted octanol–water partition coefficient (Wildman–Crippen LogP) is 2.67. The van der Waals surface area contributed by atoms with E-state index in [0.717, 1.165) is 17.4 Å². The van der Waals surface area contributed by atoms with Crippen LogP contribution in [0.4, 0.5) is 8.78 Å². The summed E-state index contributed by atoms with van der Waals surface area (Å²) in [5.74, 6) is -2.48. The number of hydrogen-bond donors (Lipinski definition) is 1. The van der Waals surface area contributed by atoms with Gasteiger partial charge in [-0.1, -0.05) is 19.1 Å². The highest BCUT2D eigenvalue weighted by molar-refractivity contribution is 7.91. The van der Waals surface area contributed by atoms with Crippen molar-refractivity contribution in [3.63, 3.8) is 0 Å². The van der Waals surface area contributed by atoms with E-state index in [4.69, 9.17) is 4.74 Å². The molecular weight excluding hydrogens is 410 g/mol. The number of benzene rings is 1. The molecule has 0 radical (unpaired) electrons. The first-order valence-corrected chi connectivity index (χ1v) is 11.0. The van der Waals surface area contributed by atoms with Crippen molar-refractivity contribution in [1.82, 2.24) is 9.62 Å². The van der Waals surface area contributed by atoms with E-state index in [0.29, 0.717) is 30.0 Å². The Kier molecular flexibility index (Phi) is 6.13. The smallest absolute Gasteiger partial charge is 0.340 e. The molecule has 0 spiro atoms. The minimum atomic E-state index is -3.84. The summed E-state index contributed by atoms with van der Waals surface area (Å²) in [5.41, 5.74) is 0.943. The third-order valence-electron chi connectivity index (χ3n) is 4.50. The van der Waals surface area contributed by atoms with Crippen LogP contribution >= 0.6 is 11.3 Å². The molecule has 0 aliphatic carbocycles. The number of halogens is 2. The lowest BCUT2D eigenvalue weighted by Crippen LogP contribution is -2.30. The molecule has 1 aliphatic rings. The molecule has 0 amide bonds. The maximum absolute atomic E-state index is 14.0. The van der Waals surface area contributed by atoms with Gasteiger partial charge in [0.05, 0.1) is 12.7 Å². The molecule has 6 nitrogen and oxygen atoms in total. The van der Waals surface area contributed by atoms with E-state index < -0.39 is 27.6 Å². The molecule has 10 heteroatoms. The highest BCUT2D eigenvalue weighted by Crippen LogP contribution is 2.37. The molecule has 152 valence electrons. The van der Waals surface area contributed by atoms with Crippen LogP contribution in [0.2, 0.25) is 0 Å². The number of sulfonamides is 1. The molecule has 0 bridgehead atoms. The Bertz CT molecular complexity index is 1010. The maximum atomic E-state index is 14.0. The van der Waals surface area contributed by atoms with Crippen molar-refractivity contribution in [1.29, 1.82) is 0 Å². The minimum Gasteiger partial charge on any atom is -0.465 e. The van der Waals surface area contributed by atoms with Crippen LogP contribution in [-0.4, -0.2) is 39.5 Å². The average molecular weight is 430 g/mol. The number of fused-ring (bicyclic) bond motifs is 1. The number of thiophene rings is 1. The lowest BCUT2D eigenvalue weighted by atomic mass is 10.0. The van der Waals surface area contributed by atoms with Gasteiger partial charge in [0.15, 0.2) is 11.6 Å². The normalized spacial score (nSPS) is 14.7. The van der Waals surface area contributed by atoms with Crippen molar-refractivity contribution in [2.24, 2.45) is 0 Å². The van der Waals surface area contributed by atoms with Crippen LogP contribution in [0.5, 0.6) is 0 Å². The second-order valence-electron chi connectivity index (χ2n) is 6.33. The first kappa shape index (κ1) is 20.8. The summed E-state index contributed by atoms with van der Waals surface area (Å²) in [6.07, 6.45) is 0.412. The number of ether oxygens (including phenoxy) is 1. The monoisotopic (exact) mass is 430 g/mol. The Morgan fingerprint density at radius 1 is 1.36 bits per heavy atom. The maximum Gasteiger partial charge on any atom is 0.340 e. The van der Waals surface area contributed by atoms with Gasteiger partial charge >= 0.3 is 5.97 Å². The highest BCUT2D eigenvalue weighted by Gasteiger charge is 2.33. The Morgan fingerprint density at radius 3 is 2.79 bits per heavy atom. The van der Waals surface area contributed by atoms with Crippen molar-refractivity contribution in [2.75, 3.05) is 20.2 Å². The molecule has 1 aliphatic heterocycles. The van der Waals surface area contributed by atoms with Crippen LogP contribution in [-0.2, 0) is 34.3 Å². The molecule has 0 saturated carbocycles. The van der Waals surface area contributed by atoms with E-state index in [1.807, 2.05) is 4.90 Å². The number of carbonyl (C=O) groups excluding carboxylic acids is 1.